The van der Waals surface area contributed by atoms with Crippen LogP contribution in [-0.2, 0) is 11.3 Å². The molecule has 144 valence electrons. The number of benzene rings is 1. The van der Waals surface area contributed by atoms with E-state index in [1.165, 1.54) is 12.8 Å². The summed E-state index contributed by atoms with van der Waals surface area (Å²) >= 11 is 0. The first-order chi connectivity index (χ1) is 12.6. The number of aliphatic hydroxyl groups is 2. The Kier molecular flexibility index (Phi) is 6.51. The fourth-order valence-electron chi connectivity index (χ4n) is 3.73. The Balaban J connectivity index is 1.32. The van der Waals surface area contributed by atoms with E-state index in [-0.39, 0.29) is 30.8 Å². The molecule has 0 unspecified atom stereocenters. The lowest BCUT2D eigenvalue weighted by atomic mass is 9.90. The Labute approximate surface area is 155 Å². The molecule has 26 heavy (non-hydrogen) atoms. The largest absolute Gasteiger partial charge is 0.445 e. The van der Waals surface area contributed by atoms with E-state index in [4.69, 9.17) is 4.74 Å². The second-order valence-corrected chi connectivity index (χ2v) is 7.66. The highest BCUT2D eigenvalue weighted by Crippen LogP contribution is 2.53. The topological polar surface area (TPSA) is 82.0 Å². The zero-order valence-corrected chi connectivity index (χ0v) is 15.3. The summed E-state index contributed by atoms with van der Waals surface area (Å²) in [4.78, 5) is 14.2. The van der Waals surface area contributed by atoms with E-state index >= 15 is 0 Å². The molecule has 1 aliphatic heterocycles. The molecule has 6 heteroatoms. The van der Waals surface area contributed by atoms with Gasteiger partial charge in [-0.05, 0) is 56.2 Å². The number of rotatable bonds is 8. The molecule has 1 aliphatic carbocycles. The fraction of sp³-hybridized carbons (Fsp3) is 0.650. The van der Waals surface area contributed by atoms with Crippen molar-refractivity contribution in [1.82, 2.24) is 10.2 Å². The molecule has 0 bridgehead atoms. The van der Waals surface area contributed by atoms with Crippen molar-refractivity contribution >= 4 is 6.09 Å². The third-order valence-electron chi connectivity index (χ3n) is 5.74. The molecule has 1 amide bonds. The molecule has 0 aromatic heterocycles. The van der Waals surface area contributed by atoms with E-state index in [1.54, 1.807) is 0 Å². The van der Waals surface area contributed by atoms with E-state index in [1.807, 2.05) is 30.3 Å². The van der Waals surface area contributed by atoms with Crippen LogP contribution in [-0.4, -0.2) is 59.6 Å². The molecule has 1 saturated heterocycles. The van der Waals surface area contributed by atoms with E-state index in [0.717, 1.165) is 38.0 Å². The molecular formula is C20H30N2O4. The Morgan fingerprint density at radius 2 is 2.08 bits per heavy atom. The van der Waals surface area contributed by atoms with Crippen LogP contribution in [0.3, 0.4) is 0 Å². The highest BCUT2D eigenvalue weighted by Gasteiger charge is 2.50. The number of nitrogens with zero attached hydrogens (tertiary/aromatic N) is 1. The normalized spacial score (nSPS) is 22.8. The molecular weight excluding hydrogens is 332 g/mol. The smallest absolute Gasteiger partial charge is 0.407 e. The molecule has 6 nitrogen and oxygen atoms in total. The fourth-order valence-corrected chi connectivity index (χ4v) is 3.73. The molecule has 3 N–H and O–H groups in total. The van der Waals surface area contributed by atoms with Crippen molar-refractivity contribution in [1.29, 1.82) is 0 Å². The van der Waals surface area contributed by atoms with Crippen LogP contribution in [0.5, 0.6) is 0 Å². The number of likely N-dealkylation sites (tertiary alicyclic amines) is 1. The van der Waals surface area contributed by atoms with Gasteiger partial charge in [0.15, 0.2) is 0 Å². The molecule has 1 aromatic rings. The Hall–Kier alpha value is -1.63. The molecule has 1 heterocycles. The van der Waals surface area contributed by atoms with Gasteiger partial charge in [0.05, 0.1) is 18.8 Å². The minimum Gasteiger partial charge on any atom is -0.445 e. The van der Waals surface area contributed by atoms with Gasteiger partial charge in [0, 0.05) is 6.54 Å². The Morgan fingerprint density at radius 3 is 2.73 bits per heavy atom. The number of piperidine rings is 1. The Bertz CT molecular complexity index is 576. The van der Waals surface area contributed by atoms with E-state index in [9.17, 15) is 15.0 Å². The second kappa shape index (κ2) is 8.84. The van der Waals surface area contributed by atoms with Crippen LogP contribution in [0.1, 0.15) is 37.7 Å². The minimum atomic E-state index is -0.503. The van der Waals surface area contributed by atoms with Crippen LogP contribution in [0.2, 0.25) is 0 Å². The quantitative estimate of drug-likeness (QED) is 0.658. The van der Waals surface area contributed by atoms with Crippen LogP contribution in [0.15, 0.2) is 30.3 Å². The summed E-state index contributed by atoms with van der Waals surface area (Å²) in [6.45, 7) is 2.78. The van der Waals surface area contributed by atoms with Gasteiger partial charge >= 0.3 is 6.09 Å². The van der Waals surface area contributed by atoms with Crippen molar-refractivity contribution in [2.75, 3.05) is 26.2 Å². The van der Waals surface area contributed by atoms with Gasteiger partial charge in [-0.3, -0.25) is 0 Å². The summed E-state index contributed by atoms with van der Waals surface area (Å²) in [5.74, 6) is 0. The third-order valence-corrected chi connectivity index (χ3v) is 5.74. The monoisotopic (exact) mass is 362 g/mol. The van der Waals surface area contributed by atoms with Gasteiger partial charge in [-0.1, -0.05) is 30.3 Å². The number of hydrogen-bond donors (Lipinski definition) is 3. The molecule has 1 saturated carbocycles. The van der Waals surface area contributed by atoms with Crippen molar-refractivity contribution < 1.29 is 19.7 Å². The number of amides is 1. The number of hydrogen-bond acceptors (Lipinski definition) is 5. The minimum absolute atomic E-state index is 0.105. The Morgan fingerprint density at radius 1 is 1.31 bits per heavy atom. The number of nitrogens with one attached hydrogen (secondary N) is 1. The SMILES string of the molecule is O=C(N[C@H](CO)CCCN1CCC2(CC2)[C@H](O)C1)OCc1ccccc1. The van der Waals surface area contributed by atoms with Crippen LogP contribution in [0, 0.1) is 5.41 Å². The second-order valence-electron chi connectivity index (χ2n) is 7.66. The van der Waals surface area contributed by atoms with Crippen molar-refractivity contribution in [2.45, 2.75) is 50.9 Å². The molecule has 0 radical (unpaired) electrons. The zero-order valence-electron chi connectivity index (χ0n) is 15.3. The predicted octanol–water partition coefficient (Wildman–Crippen LogP) is 1.90. The van der Waals surface area contributed by atoms with Gasteiger partial charge in [0.1, 0.15) is 6.61 Å². The summed E-state index contributed by atoms with van der Waals surface area (Å²) < 4.78 is 5.20. The first-order valence-corrected chi connectivity index (χ1v) is 9.60. The van der Waals surface area contributed by atoms with Gasteiger partial charge in [-0.15, -0.1) is 0 Å². The molecule has 1 spiro atoms. The summed E-state index contributed by atoms with van der Waals surface area (Å²) in [5, 5.41) is 22.5. The van der Waals surface area contributed by atoms with Gasteiger partial charge < -0.3 is 25.2 Å². The van der Waals surface area contributed by atoms with Crippen LogP contribution < -0.4 is 5.32 Å². The van der Waals surface area contributed by atoms with E-state index < -0.39 is 6.09 Å². The van der Waals surface area contributed by atoms with Gasteiger partial charge in [0.2, 0.25) is 0 Å². The maximum atomic E-state index is 11.9. The third kappa shape index (κ3) is 5.19. The molecule has 2 fully saturated rings. The molecule has 2 aliphatic rings. The van der Waals surface area contributed by atoms with Crippen LogP contribution in [0.25, 0.3) is 0 Å². The molecule has 1 aromatic carbocycles. The molecule has 2 atom stereocenters. The summed E-state index contributed by atoms with van der Waals surface area (Å²) in [6.07, 6.45) is 4.28. The maximum absolute atomic E-state index is 11.9. The van der Waals surface area contributed by atoms with E-state index in [0.29, 0.717) is 6.42 Å². The average molecular weight is 362 g/mol. The molecule has 3 rings (SSSR count). The number of β-amino-alcohol motifs (C(OH)–C–C–N with tert-alkyl or cyclic N) is 1. The van der Waals surface area contributed by atoms with Crippen LogP contribution in [0.4, 0.5) is 4.79 Å². The lowest BCUT2D eigenvalue weighted by Crippen LogP contribution is -2.45. The summed E-state index contributed by atoms with van der Waals surface area (Å²) in [5.41, 5.74) is 1.16. The standard InChI is InChI=1S/C20H30N2O4/c23-14-17(21-19(25)26-15-16-5-2-1-3-6-16)7-4-11-22-12-10-20(8-9-20)18(24)13-22/h1-3,5-6,17-18,23-24H,4,7-15H2,(H,21,25)/t17-,18+/m0/s1. The first-order valence-electron chi connectivity index (χ1n) is 9.60. The van der Waals surface area contributed by atoms with Gasteiger partial charge in [0.25, 0.3) is 0 Å². The number of carbonyl (C=O) groups excluding carboxylic acids is 1. The van der Waals surface area contributed by atoms with Crippen molar-refractivity contribution in [3.63, 3.8) is 0 Å². The lowest BCUT2D eigenvalue weighted by Gasteiger charge is -2.36. The van der Waals surface area contributed by atoms with Crippen LogP contribution >= 0.6 is 0 Å². The zero-order chi connectivity index (χ0) is 18.4. The lowest BCUT2D eigenvalue weighted by molar-refractivity contribution is 0.00773. The maximum Gasteiger partial charge on any atom is 0.407 e. The average Bonchev–Trinajstić information content (AvgIpc) is 3.44. The number of aliphatic hydroxyl groups excluding tert-OH is 2. The number of alkyl carbamates (subject to hydrolysis) is 1. The predicted molar refractivity (Wildman–Crippen MR) is 98.6 cm³/mol. The van der Waals surface area contributed by atoms with Gasteiger partial charge in [-0.25, -0.2) is 4.79 Å². The number of ether oxygens (including phenoxy) is 1. The summed E-state index contributed by atoms with van der Waals surface area (Å²) in [6, 6.07) is 9.20. The summed E-state index contributed by atoms with van der Waals surface area (Å²) in [7, 11) is 0. The first kappa shape index (κ1) is 19.1. The van der Waals surface area contributed by atoms with Crippen molar-refractivity contribution in [2.24, 2.45) is 5.41 Å². The van der Waals surface area contributed by atoms with Crippen molar-refractivity contribution in [3.05, 3.63) is 35.9 Å². The number of carbonyl (C=O) groups is 1. The highest BCUT2D eigenvalue weighted by atomic mass is 16.5. The van der Waals surface area contributed by atoms with Gasteiger partial charge in [-0.2, -0.15) is 0 Å². The highest BCUT2D eigenvalue weighted by molar-refractivity contribution is 5.67. The van der Waals surface area contributed by atoms with E-state index in [2.05, 4.69) is 10.2 Å². The van der Waals surface area contributed by atoms with Crippen molar-refractivity contribution in [3.8, 4) is 0 Å².